The molecule has 0 radical (unpaired) electrons. The number of nitrogens with zero attached hydrogens (tertiary/aromatic N) is 2. The molecule has 2 heterocycles. The Morgan fingerprint density at radius 2 is 2.28 bits per heavy atom. The Bertz CT molecular complexity index is 643. The van der Waals surface area contributed by atoms with Crippen molar-refractivity contribution in [2.24, 2.45) is 5.73 Å². The Kier molecular flexibility index (Phi) is 3.37. The standard InChI is InChI=1S/C9H13N5O2S2/c1-5(10)7-4-17-9(12-7)14-18(15,16)8-3-11-13-6(8)2/h3-5H,10H2,1-2H3,(H,11,13)(H,12,14). The van der Waals surface area contributed by atoms with Gasteiger partial charge in [0.25, 0.3) is 10.0 Å². The van der Waals surface area contributed by atoms with Crippen molar-refractivity contribution in [3.8, 4) is 0 Å². The van der Waals surface area contributed by atoms with E-state index in [1.807, 2.05) is 0 Å². The number of aryl methyl sites for hydroxylation is 1. The molecule has 0 aromatic carbocycles. The number of rotatable bonds is 4. The van der Waals surface area contributed by atoms with E-state index in [1.54, 1.807) is 19.2 Å². The summed E-state index contributed by atoms with van der Waals surface area (Å²) in [6, 6.07) is -0.227. The molecule has 4 N–H and O–H groups in total. The first-order valence-corrected chi connectivity index (χ1v) is 7.50. The summed E-state index contributed by atoms with van der Waals surface area (Å²) in [6.45, 7) is 3.42. The number of H-pyrrole nitrogens is 1. The molecule has 7 nitrogen and oxygen atoms in total. The second-order valence-electron chi connectivity index (χ2n) is 3.83. The number of aromatic amines is 1. The molecule has 0 fully saturated rings. The highest BCUT2D eigenvalue weighted by Crippen LogP contribution is 2.22. The van der Waals surface area contributed by atoms with Crippen molar-refractivity contribution >= 4 is 26.5 Å². The highest BCUT2D eigenvalue weighted by molar-refractivity contribution is 7.93. The van der Waals surface area contributed by atoms with Gasteiger partial charge >= 0.3 is 0 Å². The van der Waals surface area contributed by atoms with Crippen molar-refractivity contribution in [3.63, 3.8) is 0 Å². The van der Waals surface area contributed by atoms with Crippen molar-refractivity contribution in [1.82, 2.24) is 15.2 Å². The van der Waals surface area contributed by atoms with E-state index in [1.165, 1.54) is 17.5 Å². The number of hydrogen-bond donors (Lipinski definition) is 3. The Morgan fingerprint density at radius 1 is 1.56 bits per heavy atom. The van der Waals surface area contributed by atoms with E-state index < -0.39 is 10.0 Å². The Hall–Kier alpha value is -1.45. The lowest BCUT2D eigenvalue weighted by molar-refractivity contribution is 0.600. The van der Waals surface area contributed by atoms with Crippen LogP contribution >= 0.6 is 11.3 Å². The number of hydrogen-bond acceptors (Lipinski definition) is 6. The first-order chi connectivity index (χ1) is 8.40. The van der Waals surface area contributed by atoms with E-state index in [2.05, 4.69) is 19.9 Å². The zero-order chi connectivity index (χ0) is 13.3. The molecule has 98 valence electrons. The Labute approximate surface area is 108 Å². The maximum atomic E-state index is 12.0. The minimum Gasteiger partial charge on any atom is -0.323 e. The van der Waals surface area contributed by atoms with Crippen LogP contribution in [0.5, 0.6) is 0 Å². The lowest BCUT2D eigenvalue weighted by Gasteiger charge is -2.03. The van der Waals surface area contributed by atoms with Crippen LogP contribution in [0, 0.1) is 6.92 Å². The van der Waals surface area contributed by atoms with Gasteiger partial charge in [-0.3, -0.25) is 9.82 Å². The third-order valence-electron chi connectivity index (χ3n) is 2.28. The van der Waals surface area contributed by atoms with Crippen molar-refractivity contribution < 1.29 is 8.42 Å². The fourth-order valence-corrected chi connectivity index (χ4v) is 3.53. The molecular weight excluding hydrogens is 274 g/mol. The van der Waals surface area contributed by atoms with Gasteiger partial charge in [0.15, 0.2) is 5.13 Å². The van der Waals surface area contributed by atoms with Crippen LogP contribution in [0.15, 0.2) is 16.5 Å². The third kappa shape index (κ3) is 2.52. The molecule has 0 aliphatic carbocycles. The molecule has 0 aliphatic rings. The van der Waals surface area contributed by atoms with E-state index in [-0.39, 0.29) is 10.9 Å². The van der Waals surface area contributed by atoms with Crippen molar-refractivity contribution in [1.29, 1.82) is 0 Å². The molecular formula is C9H13N5O2S2. The van der Waals surface area contributed by atoms with Gasteiger partial charge in [0, 0.05) is 11.4 Å². The van der Waals surface area contributed by atoms with Crippen LogP contribution in [-0.4, -0.2) is 23.6 Å². The Morgan fingerprint density at radius 3 is 2.78 bits per heavy atom. The zero-order valence-corrected chi connectivity index (χ0v) is 11.5. The van der Waals surface area contributed by atoms with Crippen LogP contribution in [0.1, 0.15) is 24.4 Å². The largest absolute Gasteiger partial charge is 0.323 e. The minimum atomic E-state index is -3.65. The molecule has 0 amide bonds. The molecule has 0 aliphatic heterocycles. The van der Waals surface area contributed by atoms with Crippen LogP contribution in [0.25, 0.3) is 0 Å². The van der Waals surface area contributed by atoms with Crippen molar-refractivity contribution in [2.75, 3.05) is 4.72 Å². The topological polar surface area (TPSA) is 114 Å². The predicted molar refractivity (Wildman–Crippen MR) is 68.8 cm³/mol. The van der Waals surface area contributed by atoms with Gasteiger partial charge in [-0.2, -0.15) is 5.10 Å². The fraction of sp³-hybridized carbons (Fsp3) is 0.333. The van der Waals surface area contributed by atoms with Gasteiger partial charge in [-0.05, 0) is 13.8 Å². The SMILES string of the molecule is Cc1[nH]ncc1S(=O)(=O)Nc1nc(C(C)N)cs1. The summed E-state index contributed by atoms with van der Waals surface area (Å²) in [5.74, 6) is 0. The first kappa shape index (κ1) is 13.0. The lowest BCUT2D eigenvalue weighted by atomic mass is 10.3. The highest BCUT2D eigenvalue weighted by atomic mass is 32.2. The predicted octanol–water partition coefficient (Wildman–Crippen LogP) is 0.995. The number of nitrogens with two attached hydrogens (primary N) is 1. The smallest absolute Gasteiger partial charge is 0.267 e. The molecule has 1 atom stereocenters. The van der Waals surface area contributed by atoms with Gasteiger partial charge in [0.2, 0.25) is 0 Å². The summed E-state index contributed by atoms with van der Waals surface area (Å²) >= 11 is 1.20. The van der Waals surface area contributed by atoms with E-state index in [4.69, 9.17) is 5.73 Å². The normalized spacial score (nSPS) is 13.5. The molecule has 0 saturated heterocycles. The fourth-order valence-electron chi connectivity index (χ4n) is 1.32. The van der Waals surface area contributed by atoms with E-state index in [9.17, 15) is 8.42 Å². The maximum absolute atomic E-state index is 12.0. The highest BCUT2D eigenvalue weighted by Gasteiger charge is 2.20. The second-order valence-corrected chi connectivity index (χ2v) is 6.34. The summed E-state index contributed by atoms with van der Waals surface area (Å²) in [5.41, 5.74) is 6.79. The van der Waals surface area contributed by atoms with Gasteiger partial charge in [-0.1, -0.05) is 0 Å². The van der Waals surface area contributed by atoms with E-state index >= 15 is 0 Å². The average Bonchev–Trinajstić information content (AvgIpc) is 2.86. The van der Waals surface area contributed by atoms with Crippen LogP contribution in [0.4, 0.5) is 5.13 Å². The van der Waals surface area contributed by atoms with Gasteiger partial charge in [-0.15, -0.1) is 11.3 Å². The van der Waals surface area contributed by atoms with Crippen LogP contribution < -0.4 is 10.5 Å². The number of sulfonamides is 1. The zero-order valence-electron chi connectivity index (χ0n) is 9.84. The third-order valence-corrected chi connectivity index (χ3v) is 4.64. The number of nitrogens with one attached hydrogen (secondary N) is 2. The maximum Gasteiger partial charge on any atom is 0.267 e. The van der Waals surface area contributed by atoms with E-state index in [0.717, 1.165) is 0 Å². The molecule has 0 saturated carbocycles. The molecule has 2 aromatic heterocycles. The van der Waals surface area contributed by atoms with Gasteiger partial charge in [0.1, 0.15) is 4.90 Å². The molecule has 2 rings (SSSR count). The molecule has 1 unspecified atom stereocenters. The van der Waals surface area contributed by atoms with E-state index in [0.29, 0.717) is 16.5 Å². The molecule has 18 heavy (non-hydrogen) atoms. The van der Waals surface area contributed by atoms with Crippen LogP contribution in [-0.2, 0) is 10.0 Å². The monoisotopic (exact) mass is 287 g/mol. The Balaban J connectivity index is 2.25. The van der Waals surface area contributed by atoms with Crippen LogP contribution in [0.3, 0.4) is 0 Å². The molecule has 9 heteroatoms. The molecule has 0 bridgehead atoms. The first-order valence-electron chi connectivity index (χ1n) is 5.14. The summed E-state index contributed by atoms with van der Waals surface area (Å²) in [7, 11) is -3.65. The number of anilines is 1. The number of aromatic nitrogens is 3. The summed E-state index contributed by atoms with van der Waals surface area (Å²) in [5, 5.41) is 8.28. The number of thiazole rings is 1. The van der Waals surface area contributed by atoms with Gasteiger partial charge in [-0.25, -0.2) is 13.4 Å². The summed E-state index contributed by atoms with van der Waals surface area (Å²) in [6.07, 6.45) is 1.26. The van der Waals surface area contributed by atoms with Crippen molar-refractivity contribution in [3.05, 3.63) is 23.0 Å². The van der Waals surface area contributed by atoms with Gasteiger partial charge in [0.05, 0.1) is 17.6 Å². The molecule has 2 aromatic rings. The average molecular weight is 287 g/mol. The van der Waals surface area contributed by atoms with Crippen molar-refractivity contribution in [2.45, 2.75) is 24.8 Å². The summed E-state index contributed by atoms with van der Waals surface area (Å²) < 4.78 is 26.5. The van der Waals surface area contributed by atoms with Crippen LogP contribution in [0.2, 0.25) is 0 Å². The molecule has 0 spiro atoms. The second kappa shape index (κ2) is 4.67. The van der Waals surface area contributed by atoms with Gasteiger partial charge < -0.3 is 5.73 Å². The quantitative estimate of drug-likeness (QED) is 0.776. The minimum absolute atomic E-state index is 0.111. The summed E-state index contributed by atoms with van der Waals surface area (Å²) in [4.78, 5) is 4.22. The lowest BCUT2D eigenvalue weighted by Crippen LogP contribution is -2.13.